The van der Waals surface area contributed by atoms with E-state index in [0.717, 1.165) is 12.8 Å². The molecule has 0 aromatic heterocycles. The highest BCUT2D eigenvalue weighted by Gasteiger charge is 2.11. The van der Waals surface area contributed by atoms with Gasteiger partial charge in [-0.3, -0.25) is 20.4 Å². The number of benzene rings is 1. The van der Waals surface area contributed by atoms with Gasteiger partial charge in [-0.05, 0) is 30.5 Å². The fourth-order valence-electron chi connectivity index (χ4n) is 1.39. The Balaban J connectivity index is 2.52. The molecule has 1 rings (SSSR count). The van der Waals surface area contributed by atoms with Crippen LogP contribution in [-0.2, 0) is 11.2 Å². The summed E-state index contributed by atoms with van der Waals surface area (Å²) in [6.45, 7) is 5.80. The summed E-state index contributed by atoms with van der Waals surface area (Å²) in [4.78, 5) is 23.2. The van der Waals surface area contributed by atoms with Crippen LogP contribution in [0.5, 0.6) is 0 Å². The minimum Gasteiger partial charge on any atom is -0.273 e. The van der Waals surface area contributed by atoms with Gasteiger partial charge in [0.1, 0.15) is 0 Å². The predicted molar refractivity (Wildman–Crippen MR) is 70.9 cm³/mol. The second kappa shape index (κ2) is 6.79. The third kappa shape index (κ3) is 3.87. The standard InChI is InChI=1S/C14H20N2O2/c1-4-10(3)13(17)15-16-14(18)12-8-6-11(5-2)7-9-12/h6-10H,4-5H2,1-3H3,(H,15,17)(H,16,18). The first-order valence-corrected chi connectivity index (χ1v) is 6.27. The summed E-state index contributed by atoms with van der Waals surface area (Å²) in [5.41, 5.74) is 6.55. The predicted octanol–water partition coefficient (Wildman–Crippen LogP) is 2.06. The van der Waals surface area contributed by atoms with E-state index < -0.39 is 0 Å². The largest absolute Gasteiger partial charge is 0.273 e. The molecule has 0 aliphatic heterocycles. The minimum atomic E-state index is -0.297. The fraction of sp³-hybridized carbons (Fsp3) is 0.429. The molecule has 2 amide bonds. The zero-order valence-corrected chi connectivity index (χ0v) is 11.1. The summed E-state index contributed by atoms with van der Waals surface area (Å²) < 4.78 is 0. The second-order valence-corrected chi connectivity index (χ2v) is 4.30. The third-order valence-corrected chi connectivity index (χ3v) is 2.98. The molecule has 18 heavy (non-hydrogen) atoms. The van der Waals surface area contributed by atoms with Gasteiger partial charge in [0, 0.05) is 11.5 Å². The van der Waals surface area contributed by atoms with Crippen LogP contribution in [0.4, 0.5) is 0 Å². The van der Waals surface area contributed by atoms with Gasteiger partial charge in [0.05, 0.1) is 0 Å². The molecule has 0 heterocycles. The van der Waals surface area contributed by atoms with E-state index in [2.05, 4.69) is 17.8 Å². The molecule has 0 bridgehead atoms. The van der Waals surface area contributed by atoms with Gasteiger partial charge in [0.15, 0.2) is 0 Å². The maximum Gasteiger partial charge on any atom is 0.269 e. The maximum absolute atomic E-state index is 11.7. The Labute approximate surface area is 108 Å². The van der Waals surface area contributed by atoms with Crippen molar-refractivity contribution in [3.05, 3.63) is 35.4 Å². The van der Waals surface area contributed by atoms with Crippen molar-refractivity contribution >= 4 is 11.8 Å². The molecule has 0 saturated carbocycles. The molecule has 0 aliphatic carbocycles. The van der Waals surface area contributed by atoms with Crippen LogP contribution in [0.1, 0.15) is 43.1 Å². The molecular weight excluding hydrogens is 228 g/mol. The first-order chi connectivity index (χ1) is 8.58. The fourth-order valence-corrected chi connectivity index (χ4v) is 1.39. The van der Waals surface area contributed by atoms with E-state index in [9.17, 15) is 9.59 Å². The molecular formula is C14H20N2O2. The average Bonchev–Trinajstić information content (AvgIpc) is 2.43. The van der Waals surface area contributed by atoms with Gasteiger partial charge in [0.2, 0.25) is 5.91 Å². The van der Waals surface area contributed by atoms with Crippen molar-refractivity contribution in [3.63, 3.8) is 0 Å². The van der Waals surface area contributed by atoms with Gasteiger partial charge in [-0.2, -0.15) is 0 Å². The van der Waals surface area contributed by atoms with Crippen molar-refractivity contribution < 1.29 is 9.59 Å². The monoisotopic (exact) mass is 248 g/mol. The van der Waals surface area contributed by atoms with Crippen molar-refractivity contribution in [1.82, 2.24) is 10.9 Å². The normalized spacial score (nSPS) is 11.7. The lowest BCUT2D eigenvalue weighted by molar-refractivity contribution is -0.125. The molecule has 4 heteroatoms. The summed E-state index contributed by atoms with van der Waals surface area (Å²) >= 11 is 0. The van der Waals surface area contributed by atoms with Gasteiger partial charge < -0.3 is 0 Å². The first-order valence-electron chi connectivity index (χ1n) is 6.27. The molecule has 0 aliphatic rings. The molecule has 1 aromatic rings. The number of hydrazine groups is 1. The number of carbonyl (C=O) groups is 2. The highest BCUT2D eigenvalue weighted by Crippen LogP contribution is 2.04. The molecule has 1 atom stereocenters. The Morgan fingerprint density at radius 1 is 1.11 bits per heavy atom. The lowest BCUT2D eigenvalue weighted by Gasteiger charge is -2.11. The summed E-state index contributed by atoms with van der Waals surface area (Å²) in [5.74, 6) is -0.571. The highest BCUT2D eigenvalue weighted by molar-refractivity contribution is 5.95. The number of nitrogens with one attached hydrogen (secondary N) is 2. The van der Waals surface area contributed by atoms with Crippen molar-refractivity contribution in [1.29, 1.82) is 0 Å². The van der Waals surface area contributed by atoms with Gasteiger partial charge in [-0.25, -0.2) is 0 Å². The topological polar surface area (TPSA) is 58.2 Å². The summed E-state index contributed by atoms with van der Waals surface area (Å²) in [6.07, 6.45) is 1.68. The van der Waals surface area contributed by atoms with Crippen molar-refractivity contribution in [2.45, 2.75) is 33.6 Å². The average molecular weight is 248 g/mol. The molecule has 1 aromatic carbocycles. The number of aryl methyl sites for hydroxylation is 1. The van der Waals surface area contributed by atoms with E-state index in [0.29, 0.717) is 5.56 Å². The van der Waals surface area contributed by atoms with Crippen LogP contribution in [-0.4, -0.2) is 11.8 Å². The van der Waals surface area contributed by atoms with Gasteiger partial charge in [-0.1, -0.05) is 32.9 Å². The smallest absolute Gasteiger partial charge is 0.269 e. The molecule has 4 nitrogen and oxygen atoms in total. The number of rotatable bonds is 4. The van der Waals surface area contributed by atoms with E-state index in [1.165, 1.54) is 5.56 Å². The third-order valence-electron chi connectivity index (χ3n) is 2.98. The van der Waals surface area contributed by atoms with Gasteiger partial charge >= 0.3 is 0 Å². The number of hydrogen-bond acceptors (Lipinski definition) is 2. The van der Waals surface area contributed by atoms with Crippen LogP contribution in [0.2, 0.25) is 0 Å². The lowest BCUT2D eigenvalue weighted by atomic mass is 10.1. The zero-order valence-electron chi connectivity index (χ0n) is 11.1. The van der Waals surface area contributed by atoms with E-state index in [1.807, 2.05) is 26.0 Å². The Morgan fingerprint density at radius 2 is 1.72 bits per heavy atom. The van der Waals surface area contributed by atoms with E-state index in [1.54, 1.807) is 12.1 Å². The number of hydrogen-bond donors (Lipinski definition) is 2. The van der Waals surface area contributed by atoms with Crippen LogP contribution in [0.3, 0.4) is 0 Å². The zero-order chi connectivity index (χ0) is 13.5. The Kier molecular flexibility index (Phi) is 5.36. The minimum absolute atomic E-state index is 0.104. The summed E-state index contributed by atoms with van der Waals surface area (Å²) in [7, 11) is 0. The Morgan fingerprint density at radius 3 is 2.22 bits per heavy atom. The van der Waals surface area contributed by atoms with Gasteiger partial charge in [-0.15, -0.1) is 0 Å². The van der Waals surface area contributed by atoms with E-state index >= 15 is 0 Å². The first kappa shape index (κ1) is 14.2. The summed E-state index contributed by atoms with van der Waals surface area (Å²) in [6, 6.07) is 7.32. The van der Waals surface area contributed by atoms with Crippen molar-refractivity contribution in [2.24, 2.45) is 5.92 Å². The molecule has 98 valence electrons. The number of amides is 2. The SMILES string of the molecule is CCc1ccc(C(=O)NNC(=O)C(C)CC)cc1. The maximum atomic E-state index is 11.7. The quantitative estimate of drug-likeness (QED) is 0.801. The number of carbonyl (C=O) groups excluding carboxylic acids is 2. The van der Waals surface area contributed by atoms with Crippen LogP contribution < -0.4 is 10.9 Å². The van der Waals surface area contributed by atoms with Gasteiger partial charge in [0.25, 0.3) is 5.91 Å². The molecule has 0 spiro atoms. The summed E-state index contributed by atoms with van der Waals surface area (Å²) in [5, 5.41) is 0. The van der Waals surface area contributed by atoms with Crippen molar-refractivity contribution in [3.8, 4) is 0 Å². The highest BCUT2D eigenvalue weighted by atomic mass is 16.2. The van der Waals surface area contributed by atoms with Crippen LogP contribution in [0.15, 0.2) is 24.3 Å². The van der Waals surface area contributed by atoms with Crippen LogP contribution in [0.25, 0.3) is 0 Å². The lowest BCUT2D eigenvalue weighted by Crippen LogP contribution is -2.43. The second-order valence-electron chi connectivity index (χ2n) is 4.30. The molecule has 1 unspecified atom stereocenters. The van der Waals surface area contributed by atoms with Crippen LogP contribution >= 0.6 is 0 Å². The molecule has 0 radical (unpaired) electrons. The van der Waals surface area contributed by atoms with E-state index in [-0.39, 0.29) is 17.7 Å². The molecule has 2 N–H and O–H groups in total. The molecule has 0 fully saturated rings. The Hall–Kier alpha value is -1.84. The van der Waals surface area contributed by atoms with Crippen molar-refractivity contribution in [2.75, 3.05) is 0 Å². The van der Waals surface area contributed by atoms with Crippen LogP contribution in [0, 0.1) is 5.92 Å². The molecule has 0 saturated heterocycles. The Bertz CT molecular complexity index is 412. The van der Waals surface area contributed by atoms with E-state index in [4.69, 9.17) is 0 Å².